The van der Waals surface area contributed by atoms with E-state index in [9.17, 15) is 4.79 Å². The number of carbonyl (C=O) groups is 1. The lowest BCUT2D eigenvalue weighted by Crippen LogP contribution is -2.41. The Bertz CT molecular complexity index is 1340. The van der Waals surface area contributed by atoms with Gasteiger partial charge in [0.15, 0.2) is 0 Å². The van der Waals surface area contributed by atoms with Crippen LogP contribution in [0.1, 0.15) is 55.9 Å². The summed E-state index contributed by atoms with van der Waals surface area (Å²) in [5, 5.41) is 2.93. The molecule has 1 fully saturated rings. The molecule has 0 spiro atoms. The van der Waals surface area contributed by atoms with Crippen LogP contribution in [0.2, 0.25) is 0 Å². The predicted molar refractivity (Wildman–Crippen MR) is 156 cm³/mol. The van der Waals surface area contributed by atoms with Gasteiger partial charge in [-0.3, -0.25) is 0 Å². The molecular formula is C31H33BBrNO4. The van der Waals surface area contributed by atoms with E-state index < -0.39 is 24.4 Å². The average molecular weight is 574 g/mol. The van der Waals surface area contributed by atoms with Gasteiger partial charge in [0.05, 0.1) is 11.2 Å². The molecule has 5 rings (SSSR count). The van der Waals surface area contributed by atoms with Gasteiger partial charge >= 0.3 is 13.2 Å². The molecule has 1 N–H and O–H groups in total. The standard InChI is InChI=1S/C31H33BBrNO4/c1-20-16-21(14-15-28(20)33)17-22(32-37-30(2,3)31(4,5)38-32)18-34-29(35)36-19-27-25-12-8-6-10-23(25)24-11-7-9-13-26(24)27/h6-17,27H,18-19H2,1-5H3,(H,34,35). The van der Waals surface area contributed by atoms with Crippen molar-refractivity contribution in [2.75, 3.05) is 13.2 Å². The normalized spacial score (nSPS) is 17.7. The van der Waals surface area contributed by atoms with Crippen molar-refractivity contribution in [2.24, 2.45) is 0 Å². The summed E-state index contributed by atoms with van der Waals surface area (Å²) in [6.07, 6.45) is 1.55. The van der Waals surface area contributed by atoms with Crippen LogP contribution in [0.5, 0.6) is 0 Å². The number of aryl methyl sites for hydroxylation is 1. The number of rotatable bonds is 6. The van der Waals surface area contributed by atoms with Crippen molar-refractivity contribution in [3.8, 4) is 11.1 Å². The Labute approximate surface area is 233 Å². The highest BCUT2D eigenvalue weighted by atomic mass is 79.9. The van der Waals surface area contributed by atoms with Crippen molar-refractivity contribution in [3.63, 3.8) is 0 Å². The van der Waals surface area contributed by atoms with Crippen molar-refractivity contribution in [3.05, 3.63) is 98.9 Å². The van der Waals surface area contributed by atoms with Crippen molar-refractivity contribution < 1.29 is 18.8 Å². The van der Waals surface area contributed by atoms with E-state index in [4.69, 9.17) is 14.0 Å². The second kappa shape index (κ2) is 10.4. The molecule has 1 amide bonds. The van der Waals surface area contributed by atoms with Crippen LogP contribution in [0.3, 0.4) is 0 Å². The van der Waals surface area contributed by atoms with Crippen LogP contribution < -0.4 is 5.32 Å². The van der Waals surface area contributed by atoms with Crippen molar-refractivity contribution in [2.45, 2.75) is 51.7 Å². The first-order valence-corrected chi connectivity index (χ1v) is 13.8. The van der Waals surface area contributed by atoms with Crippen LogP contribution in [-0.4, -0.2) is 37.6 Å². The number of alkyl carbamates (subject to hydrolysis) is 1. The van der Waals surface area contributed by atoms with Crippen molar-refractivity contribution in [1.82, 2.24) is 5.32 Å². The summed E-state index contributed by atoms with van der Waals surface area (Å²) < 4.78 is 19.4. The van der Waals surface area contributed by atoms with Crippen LogP contribution >= 0.6 is 15.9 Å². The second-order valence-corrected chi connectivity index (χ2v) is 11.8. The molecule has 196 valence electrons. The summed E-state index contributed by atoms with van der Waals surface area (Å²) >= 11 is 3.56. The molecule has 0 aromatic heterocycles. The Kier molecular flexibility index (Phi) is 7.29. The van der Waals surface area contributed by atoms with Gasteiger partial charge in [0.1, 0.15) is 6.61 Å². The SMILES string of the molecule is Cc1cc(C=C(CNC(=O)OCC2c3ccccc3-c3ccccc32)B2OC(C)(C)C(C)(C)O2)ccc1Br. The largest absolute Gasteiger partial charge is 0.492 e. The first kappa shape index (κ1) is 26.7. The molecular weight excluding hydrogens is 541 g/mol. The minimum absolute atomic E-state index is 0.0111. The number of fused-ring (bicyclic) bond motifs is 3. The zero-order valence-electron chi connectivity index (χ0n) is 22.5. The minimum atomic E-state index is -0.585. The Hall–Kier alpha value is -2.87. The molecule has 1 heterocycles. The molecule has 0 saturated carbocycles. The van der Waals surface area contributed by atoms with E-state index in [1.165, 1.54) is 22.3 Å². The Morgan fingerprint density at radius 2 is 1.55 bits per heavy atom. The predicted octanol–water partition coefficient (Wildman–Crippen LogP) is 7.31. The van der Waals surface area contributed by atoms with E-state index in [2.05, 4.69) is 51.6 Å². The third kappa shape index (κ3) is 5.20. The molecule has 0 radical (unpaired) electrons. The summed E-state index contributed by atoms with van der Waals surface area (Å²) in [4.78, 5) is 12.9. The van der Waals surface area contributed by atoms with Gasteiger partial charge in [-0.05, 0) is 79.5 Å². The lowest BCUT2D eigenvalue weighted by Gasteiger charge is -2.32. The van der Waals surface area contributed by atoms with E-state index in [1.807, 2.05) is 77.1 Å². The van der Waals surface area contributed by atoms with Gasteiger partial charge in [0.2, 0.25) is 0 Å². The molecule has 0 atom stereocenters. The number of halogens is 1. The molecule has 2 aliphatic rings. The van der Waals surface area contributed by atoms with E-state index in [0.29, 0.717) is 0 Å². The maximum Gasteiger partial charge on any atom is 0.492 e. The van der Waals surface area contributed by atoms with E-state index in [-0.39, 0.29) is 19.1 Å². The van der Waals surface area contributed by atoms with Crippen molar-refractivity contribution in [1.29, 1.82) is 0 Å². The highest BCUT2D eigenvalue weighted by molar-refractivity contribution is 9.10. The zero-order valence-corrected chi connectivity index (χ0v) is 24.1. The molecule has 3 aromatic carbocycles. The fraction of sp³-hybridized carbons (Fsp3) is 0.323. The average Bonchev–Trinajstić information content (AvgIpc) is 3.31. The zero-order chi connectivity index (χ0) is 27.1. The Balaban J connectivity index is 1.30. The lowest BCUT2D eigenvalue weighted by molar-refractivity contribution is 0.00578. The first-order chi connectivity index (χ1) is 18.1. The monoisotopic (exact) mass is 573 g/mol. The molecule has 0 bridgehead atoms. The van der Waals surface area contributed by atoms with Gasteiger partial charge in [0, 0.05) is 16.9 Å². The van der Waals surface area contributed by atoms with Gasteiger partial charge in [-0.1, -0.05) is 82.7 Å². The summed E-state index contributed by atoms with van der Waals surface area (Å²) in [6, 6.07) is 22.7. The highest BCUT2D eigenvalue weighted by Gasteiger charge is 2.52. The van der Waals surface area contributed by atoms with Crippen LogP contribution in [0.15, 0.2) is 76.7 Å². The maximum atomic E-state index is 12.9. The first-order valence-electron chi connectivity index (χ1n) is 13.0. The molecule has 0 unspecified atom stereocenters. The number of ether oxygens (including phenoxy) is 1. The second-order valence-electron chi connectivity index (χ2n) is 11.0. The molecule has 7 heteroatoms. The maximum absolute atomic E-state index is 12.9. The fourth-order valence-corrected chi connectivity index (χ4v) is 5.24. The number of carbonyl (C=O) groups excluding carboxylic acids is 1. The van der Waals surface area contributed by atoms with Gasteiger partial charge in [-0.15, -0.1) is 0 Å². The number of nitrogens with one attached hydrogen (secondary N) is 1. The molecule has 5 nitrogen and oxygen atoms in total. The topological polar surface area (TPSA) is 56.8 Å². The quantitative estimate of drug-likeness (QED) is 0.314. The minimum Gasteiger partial charge on any atom is -0.449 e. The highest BCUT2D eigenvalue weighted by Crippen LogP contribution is 2.44. The van der Waals surface area contributed by atoms with Gasteiger partial charge < -0.3 is 19.4 Å². The third-order valence-corrected chi connectivity index (χ3v) is 8.76. The van der Waals surface area contributed by atoms with Crippen LogP contribution in [0, 0.1) is 6.92 Å². The fourth-order valence-electron chi connectivity index (χ4n) is 4.99. The number of hydrogen-bond acceptors (Lipinski definition) is 4. The lowest BCUT2D eigenvalue weighted by atomic mass is 9.77. The molecule has 1 aliphatic heterocycles. The van der Waals surface area contributed by atoms with Crippen LogP contribution in [0.4, 0.5) is 4.79 Å². The van der Waals surface area contributed by atoms with E-state index in [0.717, 1.165) is 21.1 Å². The number of hydrogen-bond donors (Lipinski definition) is 1. The molecule has 3 aromatic rings. The summed E-state index contributed by atoms with van der Waals surface area (Å²) in [5.41, 5.74) is 6.74. The Morgan fingerprint density at radius 3 is 2.13 bits per heavy atom. The van der Waals surface area contributed by atoms with E-state index in [1.54, 1.807) is 0 Å². The molecule has 1 aliphatic carbocycles. The molecule has 38 heavy (non-hydrogen) atoms. The van der Waals surface area contributed by atoms with E-state index >= 15 is 0 Å². The molecule has 1 saturated heterocycles. The van der Waals surface area contributed by atoms with Gasteiger partial charge in [-0.2, -0.15) is 0 Å². The van der Waals surface area contributed by atoms with Crippen molar-refractivity contribution >= 4 is 35.2 Å². The third-order valence-electron chi connectivity index (χ3n) is 7.87. The Morgan fingerprint density at radius 1 is 0.974 bits per heavy atom. The number of amides is 1. The number of benzene rings is 3. The smallest absolute Gasteiger partial charge is 0.449 e. The summed E-state index contributed by atoms with van der Waals surface area (Å²) in [6.45, 7) is 10.6. The van der Waals surface area contributed by atoms with Crippen LogP contribution in [0.25, 0.3) is 17.2 Å². The van der Waals surface area contributed by atoms with Gasteiger partial charge in [-0.25, -0.2) is 4.79 Å². The summed E-state index contributed by atoms with van der Waals surface area (Å²) in [5.74, 6) is 0.0111. The summed E-state index contributed by atoms with van der Waals surface area (Å²) in [7, 11) is -0.585. The van der Waals surface area contributed by atoms with Gasteiger partial charge in [0.25, 0.3) is 0 Å². The van der Waals surface area contributed by atoms with Crippen LogP contribution in [-0.2, 0) is 14.0 Å².